The molecule has 14 heteroatoms. The number of nitrogens with one attached hydrogen (secondary N) is 2. The summed E-state index contributed by atoms with van der Waals surface area (Å²) in [4.78, 5) is 0. The van der Waals surface area contributed by atoms with E-state index in [9.17, 15) is 35.7 Å². The second-order valence-corrected chi connectivity index (χ2v) is 11.8. The SMILES string of the molecule is OC[C@H]1O[C@H](O[C@H]2[C@H](O)[C@@H](O)[C@H](Nc3c(Br)cc(Br)cc3CNC3CCCC3)O[C@@H]2CO)[C@H](O)[C@@H](O)[C@H]1O. The van der Waals surface area contributed by atoms with Crippen molar-refractivity contribution in [2.45, 2.75) is 99.6 Å². The largest absolute Gasteiger partial charge is 0.394 e. The lowest BCUT2D eigenvalue weighted by atomic mass is 9.96. The number of aliphatic hydroxyl groups is 7. The van der Waals surface area contributed by atoms with E-state index in [2.05, 4.69) is 42.5 Å². The van der Waals surface area contributed by atoms with Gasteiger partial charge in [-0.2, -0.15) is 0 Å². The summed E-state index contributed by atoms with van der Waals surface area (Å²) in [6, 6.07) is 4.20. The highest BCUT2D eigenvalue weighted by molar-refractivity contribution is 9.11. The average Bonchev–Trinajstić information content (AvgIpc) is 3.42. The zero-order chi connectivity index (χ0) is 27.6. The second-order valence-electron chi connectivity index (χ2n) is 9.99. The van der Waals surface area contributed by atoms with E-state index in [1.54, 1.807) is 0 Å². The van der Waals surface area contributed by atoms with Gasteiger partial charge in [-0.05, 0) is 46.5 Å². The Bertz CT molecular complexity index is 922. The molecule has 2 aliphatic heterocycles. The summed E-state index contributed by atoms with van der Waals surface area (Å²) in [5.41, 5.74) is 1.53. The third-order valence-corrected chi connectivity index (χ3v) is 8.45. The van der Waals surface area contributed by atoms with Crippen molar-refractivity contribution < 1.29 is 50.0 Å². The molecule has 0 radical (unpaired) electrons. The number of rotatable bonds is 9. The summed E-state index contributed by atoms with van der Waals surface area (Å²) in [6.07, 6.45) is -9.97. The van der Waals surface area contributed by atoms with Gasteiger partial charge >= 0.3 is 0 Å². The Kier molecular flexibility index (Phi) is 10.8. The molecule has 12 nitrogen and oxygen atoms in total. The zero-order valence-electron chi connectivity index (χ0n) is 20.6. The molecule has 3 aliphatic rings. The lowest BCUT2D eigenvalue weighted by molar-refractivity contribution is -0.340. The van der Waals surface area contributed by atoms with Gasteiger partial charge in [0.2, 0.25) is 0 Å². The standard InChI is InChI=1S/C24H36Br2N2O10/c25-11-5-10(7-27-12-3-1-2-4-12)16(13(26)6-11)28-23-20(34)19(33)22(15(9-30)36-23)38-24-21(35)18(32)17(31)14(8-29)37-24/h5-6,12,14-15,17-24,27-35H,1-4,7-9H2/t14-,15-,17+,18+,19-,20-,21-,22-,23-,24-/m1/s1. The normalized spacial score (nSPS) is 38.4. The number of hydrogen-bond acceptors (Lipinski definition) is 12. The average molecular weight is 672 g/mol. The topological polar surface area (TPSA) is 193 Å². The molecule has 3 fully saturated rings. The highest BCUT2D eigenvalue weighted by atomic mass is 79.9. The Morgan fingerprint density at radius 3 is 2.18 bits per heavy atom. The van der Waals surface area contributed by atoms with Gasteiger partial charge in [0.05, 0.1) is 18.9 Å². The molecule has 1 aromatic carbocycles. The Morgan fingerprint density at radius 2 is 1.53 bits per heavy atom. The predicted molar refractivity (Wildman–Crippen MR) is 141 cm³/mol. The summed E-state index contributed by atoms with van der Waals surface area (Å²) in [7, 11) is 0. The molecule has 2 saturated heterocycles. The van der Waals surface area contributed by atoms with E-state index in [4.69, 9.17) is 14.2 Å². The molecule has 0 bridgehead atoms. The number of halogens is 2. The van der Waals surface area contributed by atoms with Crippen LogP contribution in [-0.2, 0) is 20.8 Å². The maximum absolute atomic E-state index is 10.9. The first-order chi connectivity index (χ1) is 18.1. The van der Waals surface area contributed by atoms with Gasteiger partial charge in [0.15, 0.2) is 12.5 Å². The summed E-state index contributed by atoms with van der Waals surface area (Å²) >= 11 is 7.06. The molecule has 2 heterocycles. The van der Waals surface area contributed by atoms with Crippen LogP contribution in [0.1, 0.15) is 31.2 Å². The lowest BCUT2D eigenvalue weighted by Crippen LogP contribution is -2.65. The van der Waals surface area contributed by atoms with Gasteiger partial charge < -0.3 is 60.6 Å². The molecule has 38 heavy (non-hydrogen) atoms. The Labute approximate surface area is 237 Å². The quantitative estimate of drug-likeness (QED) is 0.160. The van der Waals surface area contributed by atoms with Gasteiger partial charge in [-0.25, -0.2) is 0 Å². The fraction of sp³-hybridized carbons (Fsp3) is 0.750. The Morgan fingerprint density at radius 1 is 0.842 bits per heavy atom. The van der Waals surface area contributed by atoms with Crippen LogP contribution in [0.3, 0.4) is 0 Å². The van der Waals surface area contributed by atoms with Crippen molar-refractivity contribution in [1.29, 1.82) is 0 Å². The summed E-state index contributed by atoms with van der Waals surface area (Å²) < 4.78 is 18.4. The van der Waals surface area contributed by atoms with Crippen LogP contribution in [0.25, 0.3) is 0 Å². The minimum absolute atomic E-state index is 0.429. The Hall–Kier alpha value is -0.460. The van der Waals surface area contributed by atoms with Crippen LogP contribution in [0, 0.1) is 0 Å². The highest BCUT2D eigenvalue weighted by Gasteiger charge is 2.50. The number of anilines is 1. The third kappa shape index (κ3) is 6.70. The molecule has 9 N–H and O–H groups in total. The van der Waals surface area contributed by atoms with Crippen molar-refractivity contribution in [1.82, 2.24) is 5.32 Å². The Balaban J connectivity index is 1.48. The summed E-state index contributed by atoms with van der Waals surface area (Å²) in [5.74, 6) is 0. The first-order valence-electron chi connectivity index (χ1n) is 12.7. The van der Waals surface area contributed by atoms with Gasteiger partial charge in [0, 0.05) is 21.5 Å². The van der Waals surface area contributed by atoms with Gasteiger partial charge in [-0.1, -0.05) is 28.8 Å². The number of hydrogen-bond donors (Lipinski definition) is 9. The summed E-state index contributed by atoms with van der Waals surface area (Å²) in [6.45, 7) is -0.711. The first kappa shape index (κ1) is 30.5. The molecular weight excluding hydrogens is 636 g/mol. The minimum atomic E-state index is -1.72. The summed E-state index contributed by atoms with van der Waals surface area (Å²) in [5, 5.41) is 78.3. The molecule has 0 unspecified atom stereocenters. The van der Waals surface area contributed by atoms with E-state index < -0.39 is 74.6 Å². The molecule has 10 atom stereocenters. The molecule has 1 saturated carbocycles. The van der Waals surface area contributed by atoms with Gasteiger partial charge in [0.1, 0.15) is 48.8 Å². The van der Waals surface area contributed by atoms with Crippen molar-refractivity contribution in [2.24, 2.45) is 0 Å². The van der Waals surface area contributed by atoms with Crippen LogP contribution in [0.2, 0.25) is 0 Å². The van der Waals surface area contributed by atoms with E-state index in [0.29, 0.717) is 22.7 Å². The van der Waals surface area contributed by atoms with Crippen LogP contribution < -0.4 is 10.6 Å². The van der Waals surface area contributed by atoms with Gasteiger partial charge in [0.25, 0.3) is 0 Å². The highest BCUT2D eigenvalue weighted by Crippen LogP contribution is 2.35. The van der Waals surface area contributed by atoms with E-state index in [0.717, 1.165) is 22.9 Å². The van der Waals surface area contributed by atoms with Crippen molar-refractivity contribution in [2.75, 3.05) is 18.5 Å². The zero-order valence-corrected chi connectivity index (χ0v) is 23.7. The van der Waals surface area contributed by atoms with Crippen LogP contribution >= 0.6 is 31.9 Å². The van der Waals surface area contributed by atoms with E-state index >= 15 is 0 Å². The van der Waals surface area contributed by atoms with Crippen LogP contribution in [-0.4, -0.2) is 116 Å². The fourth-order valence-electron chi connectivity index (χ4n) is 5.16. The first-order valence-corrected chi connectivity index (χ1v) is 14.3. The molecule has 0 spiro atoms. The molecular formula is C24H36Br2N2O10. The number of benzene rings is 1. The monoisotopic (exact) mass is 670 g/mol. The molecule has 4 rings (SSSR count). The number of aliphatic hydroxyl groups excluding tert-OH is 7. The van der Waals surface area contributed by atoms with E-state index in [1.807, 2.05) is 12.1 Å². The van der Waals surface area contributed by atoms with Crippen LogP contribution in [0.5, 0.6) is 0 Å². The van der Waals surface area contributed by atoms with Crippen molar-refractivity contribution in [3.8, 4) is 0 Å². The van der Waals surface area contributed by atoms with Gasteiger partial charge in [-0.3, -0.25) is 0 Å². The minimum Gasteiger partial charge on any atom is -0.394 e. The van der Waals surface area contributed by atoms with Crippen LogP contribution in [0.15, 0.2) is 21.1 Å². The maximum Gasteiger partial charge on any atom is 0.187 e. The lowest BCUT2D eigenvalue weighted by Gasteiger charge is -2.46. The van der Waals surface area contributed by atoms with E-state index in [-0.39, 0.29) is 0 Å². The van der Waals surface area contributed by atoms with Crippen molar-refractivity contribution in [3.05, 3.63) is 26.6 Å². The maximum atomic E-state index is 10.9. The number of ether oxygens (including phenoxy) is 3. The van der Waals surface area contributed by atoms with Crippen LogP contribution in [0.4, 0.5) is 5.69 Å². The van der Waals surface area contributed by atoms with Gasteiger partial charge in [-0.15, -0.1) is 0 Å². The molecule has 216 valence electrons. The third-order valence-electron chi connectivity index (χ3n) is 7.36. The van der Waals surface area contributed by atoms with Crippen molar-refractivity contribution in [3.63, 3.8) is 0 Å². The molecule has 1 aliphatic carbocycles. The molecule has 0 amide bonds. The second kappa shape index (κ2) is 13.5. The van der Waals surface area contributed by atoms with E-state index in [1.165, 1.54) is 12.8 Å². The molecule has 1 aromatic rings. The smallest absolute Gasteiger partial charge is 0.187 e. The molecule has 0 aromatic heterocycles. The predicted octanol–water partition coefficient (Wildman–Crippen LogP) is -0.720. The van der Waals surface area contributed by atoms with Crippen molar-refractivity contribution >= 4 is 37.5 Å². The fourth-order valence-corrected chi connectivity index (χ4v) is 6.59.